The van der Waals surface area contributed by atoms with Crippen LogP contribution in [0, 0.1) is 0 Å². The van der Waals surface area contributed by atoms with Crippen LogP contribution < -0.4 is 10.1 Å². The Morgan fingerprint density at radius 3 is 2.53 bits per heavy atom. The van der Waals surface area contributed by atoms with Crippen LogP contribution >= 0.6 is 23.4 Å². The molecule has 4 atom stereocenters. The molecule has 2 aliphatic carbocycles. The predicted octanol–water partition coefficient (Wildman–Crippen LogP) is 3.65. The van der Waals surface area contributed by atoms with E-state index in [9.17, 15) is 25.2 Å². The topological polar surface area (TPSA) is 165 Å². The fourth-order valence-corrected chi connectivity index (χ4v) is 7.69. The zero-order valence-electron chi connectivity index (χ0n) is 28.6. The minimum atomic E-state index is -1.95. The van der Waals surface area contributed by atoms with Gasteiger partial charge in [-0.15, -0.1) is 11.8 Å². The third-order valence-electron chi connectivity index (χ3n) is 9.95. The van der Waals surface area contributed by atoms with Crippen LogP contribution in [0.25, 0.3) is 11.1 Å². The fourth-order valence-electron chi connectivity index (χ4n) is 6.61. The summed E-state index contributed by atoms with van der Waals surface area (Å²) >= 11 is 8.34. The van der Waals surface area contributed by atoms with Crippen LogP contribution in [-0.2, 0) is 21.6 Å². The van der Waals surface area contributed by atoms with Crippen LogP contribution in [0.15, 0.2) is 65.8 Å². The molecule has 0 spiro atoms. The maximum Gasteiger partial charge on any atom is 0.254 e. The molecule has 11 nitrogen and oxygen atoms in total. The fraction of sp³-hybridized carbons (Fsp3) is 0.526. The smallest absolute Gasteiger partial charge is 0.254 e. The second-order valence-corrected chi connectivity index (χ2v) is 15.3. The zero-order chi connectivity index (χ0) is 36.0. The zero-order valence-corrected chi connectivity index (χ0v) is 30.1. The number of aromatic nitrogens is 1. The number of pyridine rings is 1. The number of thioether (sulfide) groups is 1. The summed E-state index contributed by atoms with van der Waals surface area (Å²) in [7, 11) is 0. The molecule has 276 valence electrons. The van der Waals surface area contributed by atoms with Crippen molar-refractivity contribution in [2.75, 3.05) is 32.1 Å². The number of amides is 1. The van der Waals surface area contributed by atoms with Crippen molar-refractivity contribution in [3.8, 4) is 16.9 Å². The number of ether oxygens (including phenoxy) is 2. The van der Waals surface area contributed by atoms with E-state index in [1.165, 1.54) is 0 Å². The molecule has 1 saturated heterocycles. The number of nitrogens with zero attached hydrogens (tertiary/aromatic N) is 2. The molecule has 1 amide bonds. The third-order valence-corrected chi connectivity index (χ3v) is 11.4. The summed E-state index contributed by atoms with van der Waals surface area (Å²) in [5.74, 6) is 0.854. The maximum atomic E-state index is 13.4. The molecule has 2 heterocycles. The molecule has 51 heavy (non-hydrogen) atoms. The van der Waals surface area contributed by atoms with E-state index in [1.54, 1.807) is 16.7 Å². The van der Waals surface area contributed by atoms with E-state index < -0.39 is 36.9 Å². The normalized spacial score (nSPS) is 19.6. The molecule has 1 aromatic heterocycles. The number of carbonyl (C=O) groups is 1. The lowest BCUT2D eigenvalue weighted by molar-refractivity contribution is -0.162. The first-order valence-corrected chi connectivity index (χ1v) is 19.2. The lowest BCUT2D eigenvalue weighted by Gasteiger charge is -2.37. The number of aliphatic hydroxyl groups excluding tert-OH is 5. The number of benzene rings is 2. The van der Waals surface area contributed by atoms with Crippen LogP contribution in [0.5, 0.6) is 5.75 Å². The molecule has 2 aromatic carbocycles. The summed E-state index contributed by atoms with van der Waals surface area (Å²) in [6.45, 7) is 1.03. The van der Waals surface area contributed by atoms with Gasteiger partial charge in [-0.2, -0.15) is 0 Å². The molecular weight excluding hydrogens is 694 g/mol. The van der Waals surface area contributed by atoms with Crippen molar-refractivity contribution in [1.29, 1.82) is 0 Å². The van der Waals surface area contributed by atoms with Crippen LogP contribution in [0.3, 0.4) is 0 Å². The second-order valence-electron chi connectivity index (χ2n) is 13.7. The van der Waals surface area contributed by atoms with Gasteiger partial charge in [0.05, 0.1) is 12.7 Å². The first-order valence-electron chi connectivity index (χ1n) is 17.8. The number of hydrogen-bond donors (Lipinski definition) is 6. The molecule has 3 aliphatic rings. The van der Waals surface area contributed by atoms with Gasteiger partial charge >= 0.3 is 0 Å². The van der Waals surface area contributed by atoms with Crippen molar-refractivity contribution in [2.45, 2.75) is 98.5 Å². The molecule has 3 fully saturated rings. The van der Waals surface area contributed by atoms with Crippen molar-refractivity contribution in [3.63, 3.8) is 0 Å². The number of para-hydroxylation sites is 1. The molecule has 2 saturated carbocycles. The van der Waals surface area contributed by atoms with Gasteiger partial charge in [-0.3, -0.25) is 9.78 Å². The Bertz CT molecular complexity index is 1620. The standard InChI is InChI=1S/C38H48ClN3O8S/c39-31-9-8-27(51-19-3-16-42(25-11-17-49-18-12-25)37(48)36(47)35(46)34(45)32(44)23-43)20-24(31)21-41-38(13-14-38)30-22-40-15-10-28(30)29-4-1-2-5-33(29)50-26-6-7-26/h1-2,4-5,8-10,15,20,22,25-26,32,34-36,41,43-47H,3,6-7,11-14,16-19,21,23H2/t32-,34+,35-,36-/m0/s1. The van der Waals surface area contributed by atoms with Gasteiger partial charge in [0.1, 0.15) is 24.1 Å². The van der Waals surface area contributed by atoms with E-state index in [0.717, 1.165) is 58.6 Å². The molecule has 0 unspecified atom stereocenters. The lowest BCUT2D eigenvalue weighted by atomic mass is 9.94. The van der Waals surface area contributed by atoms with E-state index in [-0.39, 0.29) is 11.6 Å². The third kappa shape index (κ3) is 9.42. The number of hydrogen-bond acceptors (Lipinski definition) is 11. The Morgan fingerprint density at radius 2 is 1.80 bits per heavy atom. The largest absolute Gasteiger partial charge is 0.490 e. The molecule has 6 rings (SSSR count). The number of carbonyl (C=O) groups excluding carboxylic acids is 1. The first-order chi connectivity index (χ1) is 24.7. The van der Waals surface area contributed by atoms with Crippen LogP contribution in [0.4, 0.5) is 0 Å². The molecule has 1 aliphatic heterocycles. The summed E-state index contributed by atoms with van der Waals surface area (Å²) in [4.78, 5) is 20.4. The van der Waals surface area contributed by atoms with Gasteiger partial charge in [-0.05, 0) is 97.7 Å². The average Bonchev–Trinajstić information content (AvgIpc) is 4.12. The summed E-state index contributed by atoms with van der Waals surface area (Å²) in [5, 5.41) is 54.4. The minimum Gasteiger partial charge on any atom is -0.490 e. The Morgan fingerprint density at radius 1 is 1.04 bits per heavy atom. The summed E-state index contributed by atoms with van der Waals surface area (Å²) < 4.78 is 11.7. The Kier molecular flexibility index (Phi) is 12.9. The molecular formula is C38H48ClN3O8S. The SMILES string of the molecule is O=C([C@@H](O)[C@@H](O)[C@H](O)[C@@H](O)CO)N(CCCSc1ccc(Cl)c(CNC2(c3cnccc3-c3ccccc3OC3CC3)CC2)c1)C1CCOCC1. The highest BCUT2D eigenvalue weighted by molar-refractivity contribution is 7.99. The quantitative estimate of drug-likeness (QED) is 0.0833. The van der Waals surface area contributed by atoms with Gasteiger partial charge in [0.15, 0.2) is 6.10 Å². The summed E-state index contributed by atoms with van der Waals surface area (Å²) in [6.07, 6.45) is 2.55. The molecule has 13 heteroatoms. The van der Waals surface area contributed by atoms with Crippen LogP contribution in [-0.4, -0.2) is 110 Å². The van der Waals surface area contributed by atoms with Gasteiger partial charge in [0, 0.05) is 65.8 Å². The molecule has 6 N–H and O–H groups in total. The molecule has 0 bridgehead atoms. The number of aliphatic hydroxyl groups is 5. The van der Waals surface area contributed by atoms with E-state index in [0.29, 0.717) is 62.4 Å². The number of rotatable bonds is 18. The second kappa shape index (κ2) is 17.4. The van der Waals surface area contributed by atoms with Crippen molar-refractivity contribution >= 4 is 29.3 Å². The Hall–Kier alpha value is -2.78. The van der Waals surface area contributed by atoms with Gasteiger partial charge in [0.2, 0.25) is 0 Å². The van der Waals surface area contributed by atoms with E-state index in [1.807, 2.05) is 42.7 Å². The molecule has 0 radical (unpaired) electrons. The molecule has 3 aromatic rings. The lowest BCUT2D eigenvalue weighted by Crippen LogP contribution is -2.55. The highest BCUT2D eigenvalue weighted by atomic mass is 35.5. The average molecular weight is 742 g/mol. The first kappa shape index (κ1) is 38.0. The van der Waals surface area contributed by atoms with Crippen molar-refractivity contribution < 1.29 is 39.8 Å². The summed E-state index contributed by atoms with van der Waals surface area (Å²) in [5.41, 5.74) is 4.12. The Balaban J connectivity index is 1.07. The Labute approximate surface area is 308 Å². The van der Waals surface area contributed by atoms with Crippen molar-refractivity contribution in [3.05, 3.63) is 77.1 Å². The number of halogens is 1. The van der Waals surface area contributed by atoms with E-state index >= 15 is 0 Å². The number of nitrogens with one attached hydrogen (secondary N) is 1. The van der Waals surface area contributed by atoms with Gasteiger partial charge in [-0.25, -0.2) is 0 Å². The van der Waals surface area contributed by atoms with Gasteiger partial charge in [-0.1, -0.05) is 29.8 Å². The van der Waals surface area contributed by atoms with Gasteiger partial charge in [0.25, 0.3) is 5.91 Å². The van der Waals surface area contributed by atoms with E-state index in [2.05, 4.69) is 28.5 Å². The van der Waals surface area contributed by atoms with Crippen molar-refractivity contribution in [2.24, 2.45) is 0 Å². The van der Waals surface area contributed by atoms with Gasteiger partial charge < -0.3 is 45.2 Å². The van der Waals surface area contributed by atoms with Crippen molar-refractivity contribution in [1.82, 2.24) is 15.2 Å². The highest BCUT2D eigenvalue weighted by Crippen LogP contribution is 2.50. The van der Waals surface area contributed by atoms with Crippen LogP contribution in [0.1, 0.15) is 56.1 Å². The minimum absolute atomic E-state index is 0.194. The summed E-state index contributed by atoms with van der Waals surface area (Å²) in [6, 6.07) is 16.1. The van der Waals surface area contributed by atoms with Crippen LogP contribution in [0.2, 0.25) is 5.02 Å². The monoisotopic (exact) mass is 741 g/mol. The van der Waals surface area contributed by atoms with E-state index in [4.69, 9.17) is 26.2 Å². The predicted molar refractivity (Wildman–Crippen MR) is 195 cm³/mol. The highest BCUT2D eigenvalue weighted by Gasteiger charge is 2.46. The maximum absolute atomic E-state index is 13.4.